The zero-order valence-electron chi connectivity index (χ0n) is 14.0. The van der Waals surface area contributed by atoms with Crippen LogP contribution >= 0.6 is 0 Å². The number of nitrogens with zero attached hydrogens (tertiary/aromatic N) is 2. The van der Waals surface area contributed by atoms with Gasteiger partial charge < -0.3 is 15.0 Å². The van der Waals surface area contributed by atoms with Gasteiger partial charge in [-0.15, -0.1) is 0 Å². The summed E-state index contributed by atoms with van der Waals surface area (Å²) in [6.45, 7) is 7.35. The third-order valence-corrected chi connectivity index (χ3v) is 3.87. The summed E-state index contributed by atoms with van der Waals surface area (Å²) in [7, 11) is 0. The minimum atomic E-state index is -0.357. The zero-order chi connectivity index (χ0) is 16.8. The van der Waals surface area contributed by atoms with Gasteiger partial charge in [-0.25, -0.2) is 9.78 Å². The van der Waals surface area contributed by atoms with E-state index in [4.69, 9.17) is 4.74 Å². The second-order valence-electron chi connectivity index (χ2n) is 6.04. The Morgan fingerprint density at radius 2 is 2.26 bits per heavy atom. The summed E-state index contributed by atoms with van der Waals surface area (Å²) in [5, 5.41) is 3.07. The Labute approximate surface area is 137 Å². The fourth-order valence-corrected chi connectivity index (χ4v) is 2.67. The van der Waals surface area contributed by atoms with E-state index in [-0.39, 0.29) is 23.8 Å². The van der Waals surface area contributed by atoms with Gasteiger partial charge in [0, 0.05) is 31.2 Å². The average molecular weight is 319 g/mol. The monoisotopic (exact) mass is 319 g/mol. The van der Waals surface area contributed by atoms with Crippen LogP contribution in [0.5, 0.6) is 0 Å². The Kier molecular flexibility index (Phi) is 5.96. The van der Waals surface area contributed by atoms with Crippen LogP contribution in [0.1, 0.15) is 44.0 Å². The molecule has 126 valence electrons. The third kappa shape index (κ3) is 4.43. The van der Waals surface area contributed by atoms with E-state index in [2.05, 4.69) is 15.2 Å². The van der Waals surface area contributed by atoms with Crippen molar-refractivity contribution in [2.75, 3.05) is 24.6 Å². The third-order valence-electron chi connectivity index (χ3n) is 3.87. The van der Waals surface area contributed by atoms with Gasteiger partial charge in [-0.1, -0.05) is 13.8 Å². The van der Waals surface area contributed by atoms with Crippen LogP contribution in [-0.2, 0) is 9.53 Å². The van der Waals surface area contributed by atoms with Crippen molar-refractivity contribution in [2.45, 2.75) is 39.7 Å². The molecule has 1 aliphatic rings. The number of pyridine rings is 1. The van der Waals surface area contributed by atoms with E-state index in [1.165, 1.54) is 0 Å². The lowest BCUT2D eigenvalue weighted by molar-refractivity contribution is -0.124. The Morgan fingerprint density at radius 1 is 1.48 bits per heavy atom. The predicted octanol–water partition coefficient (Wildman–Crippen LogP) is 2.00. The number of esters is 1. The van der Waals surface area contributed by atoms with E-state index < -0.39 is 0 Å². The number of carbonyl (C=O) groups excluding carboxylic acids is 2. The number of rotatable bonds is 5. The summed E-state index contributed by atoms with van der Waals surface area (Å²) in [6.07, 6.45) is 3.56. The molecule has 1 aromatic rings. The number of piperidine rings is 1. The van der Waals surface area contributed by atoms with Gasteiger partial charge >= 0.3 is 5.97 Å². The highest BCUT2D eigenvalue weighted by atomic mass is 16.5. The minimum Gasteiger partial charge on any atom is -0.462 e. The molecule has 0 bridgehead atoms. The standard InChI is InChI=1S/C17H25N3O3/c1-4-23-17(22)14-8-5-9-18-15(14)20-10-6-7-13(11-20)19-16(21)12(2)3/h5,8-9,12-13H,4,6-7,10-11H2,1-3H3,(H,19,21). The lowest BCUT2D eigenvalue weighted by atomic mass is 10.0. The lowest BCUT2D eigenvalue weighted by Crippen LogP contribution is -2.49. The summed E-state index contributed by atoms with van der Waals surface area (Å²) >= 11 is 0. The number of ether oxygens (including phenoxy) is 1. The molecule has 1 amide bonds. The topological polar surface area (TPSA) is 71.5 Å². The molecule has 1 N–H and O–H groups in total. The molecule has 1 saturated heterocycles. The smallest absolute Gasteiger partial charge is 0.341 e. The van der Waals surface area contributed by atoms with E-state index in [0.717, 1.165) is 19.4 Å². The summed E-state index contributed by atoms with van der Waals surface area (Å²) in [4.78, 5) is 30.4. The quantitative estimate of drug-likeness (QED) is 0.841. The first-order valence-electron chi connectivity index (χ1n) is 8.20. The SMILES string of the molecule is CCOC(=O)c1cccnc1N1CCCC(NC(=O)C(C)C)C1. The van der Waals surface area contributed by atoms with Crippen LogP contribution < -0.4 is 10.2 Å². The zero-order valence-corrected chi connectivity index (χ0v) is 14.0. The predicted molar refractivity (Wildman–Crippen MR) is 88.4 cm³/mol. The lowest BCUT2D eigenvalue weighted by Gasteiger charge is -2.35. The number of aromatic nitrogens is 1. The fraction of sp³-hybridized carbons (Fsp3) is 0.588. The van der Waals surface area contributed by atoms with Crippen LogP contribution in [-0.4, -0.2) is 42.6 Å². The van der Waals surface area contributed by atoms with Crippen molar-refractivity contribution in [3.05, 3.63) is 23.9 Å². The van der Waals surface area contributed by atoms with Crippen molar-refractivity contribution in [1.29, 1.82) is 0 Å². The van der Waals surface area contributed by atoms with Gasteiger partial charge in [0.1, 0.15) is 11.4 Å². The highest BCUT2D eigenvalue weighted by Gasteiger charge is 2.26. The van der Waals surface area contributed by atoms with Crippen LogP contribution in [0.4, 0.5) is 5.82 Å². The molecule has 23 heavy (non-hydrogen) atoms. The molecule has 1 fully saturated rings. The number of anilines is 1. The maximum atomic E-state index is 12.1. The Morgan fingerprint density at radius 3 is 2.96 bits per heavy atom. The van der Waals surface area contributed by atoms with E-state index >= 15 is 0 Å². The minimum absolute atomic E-state index is 0.0321. The van der Waals surface area contributed by atoms with Crippen LogP contribution in [0.25, 0.3) is 0 Å². The molecule has 0 aromatic carbocycles. The van der Waals surface area contributed by atoms with Gasteiger partial charge in [-0.3, -0.25) is 4.79 Å². The molecule has 1 aliphatic heterocycles. The van der Waals surface area contributed by atoms with Gasteiger partial charge in [0.25, 0.3) is 0 Å². The van der Waals surface area contributed by atoms with Crippen molar-refractivity contribution < 1.29 is 14.3 Å². The highest BCUT2D eigenvalue weighted by molar-refractivity contribution is 5.94. The first-order chi connectivity index (χ1) is 11.0. The summed E-state index contributed by atoms with van der Waals surface area (Å²) in [6, 6.07) is 3.55. The maximum Gasteiger partial charge on any atom is 0.341 e. The van der Waals surface area contributed by atoms with Crippen molar-refractivity contribution in [1.82, 2.24) is 10.3 Å². The van der Waals surface area contributed by atoms with E-state index in [1.807, 2.05) is 13.8 Å². The van der Waals surface area contributed by atoms with Gasteiger partial charge in [0.15, 0.2) is 0 Å². The molecule has 6 nitrogen and oxygen atoms in total. The molecule has 1 unspecified atom stereocenters. The summed E-state index contributed by atoms with van der Waals surface area (Å²) < 4.78 is 5.11. The number of amides is 1. The normalized spacial score (nSPS) is 17.9. The molecule has 2 heterocycles. The van der Waals surface area contributed by atoms with Crippen molar-refractivity contribution in [3.8, 4) is 0 Å². The Hall–Kier alpha value is -2.11. The highest BCUT2D eigenvalue weighted by Crippen LogP contribution is 2.22. The number of carbonyl (C=O) groups is 2. The molecule has 0 aliphatic carbocycles. The van der Waals surface area contributed by atoms with E-state index in [9.17, 15) is 9.59 Å². The Balaban J connectivity index is 2.12. The largest absolute Gasteiger partial charge is 0.462 e. The molecule has 0 spiro atoms. The number of hydrogen-bond acceptors (Lipinski definition) is 5. The van der Waals surface area contributed by atoms with Gasteiger partial charge in [0.2, 0.25) is 5.91 Å². The van der Waals surface area contributed by atoms with Crippen LogP contribution in [0.15, 0.2) is 18.3 Å². The molecule has 6 heteroatoms. The fourth-order valence-electron chi connectivity index (χ4n) is 2.67. The molecular weight excluding hydrogens is 294 g/mol. The summed E-state index contributed by atoms with van der Waals surface area (Å²) in [5.74, 6) is 0.303. The molecule has 0 saturated carbocycles. The van der Waals surface area contributed by atoms with E-state index in [0.29, 0.717) is 24.5 Å². The van der Waals surface area contributed by atoms with Crippen molar-refractivity contribution in [3.63, 3.8) is 0 Å². The van der Waals surface area contributed by atoms with Gasteiger partial charge in [0.05, 0.1) is 6.61 Å². The number of nitrogens with one attached hydrogen (secondary N) is 1. The van der Waals surface area contributed by atoms with Crippen LogP contribution in [0, 0.1) is 5.92 Å². The number of hydrogen-bond donors (Lipinski definition) is 1. The van der Waals surface area contributed by atoms with Crippen LogP contribution in [0.3, 0.4) is 0 Å². The second-order valence-corrected chi connectivity index (χ2v) is 6.04. The maximum absolute atomic E-state index is 12.1. The van der Waals surface area contributed by atoms with Crippen molar-refractivity contribution in [2.24, 2.45) is 5.92 Å². The molecule has 2 rings (SSSR count). The van der Waals surface area contributed by atoms with Gasteiger partial charge in [-0.2, -0.15) is 0 Å². The average Bonchev–Trinajstić information content (AvgIpc) is 2.55. The van der Waals surface area contributed by atoms with Crippen LogP contribution in [0.2, 0.25) is 0 Å². The van der Waals surface area contributed by atoms with Gasteiger partial charge in [-0.05, 0) is 31.9 Å². The van der Waals surface area contributed by atoms with Crippen molar-refractivity contribution >= 4 is 17.7 Å². The summed E-state index contributed by atoms with van der Waals surface area (Å²) in [5.41, 5.74) is 0.477. The molecule has 1 atom stereocenters. The molecule has 1 aromatic heterocycles. The first kappa shape index (κ1) is 17.2. The Bertz CT molecular complexity index is 560. The second kappa shape index (κ2) is 7.94. The van der Waals surface area contributed by atoms with E-state index in [1.54, 1.807) is 25.3 Å². The molecule has 0 radical (unpaired) electrons. The first-order valence-corrected chi connectivity index (χ1v) is 8.20. The molecular formula is C17H25N3O3.